The number of nitrogen functional groups attached to an aromatic ring is 1. The van der Waals surface area contributed by atoms with Crippen LogP contribution in [0.25, 0.3) is 0 Å². The minimum Gasteiger partial charge on any atom is -0.478 e. The lowest BCUT2D eigenvalue weighted by atomic mass is 10.1. The van der Waals surface area contributed by atoms with Crippen molar-refractivity contribution >= 4 is 11.8 Å². The highest BCUT2D eigenvalue weighted by atomic mass is 16.4. The highest BCUT2D eigenvalue weighted by Gasteiger charge is 2.19. The van der Waals surface area contributed by atoms with Crippen molar-refractivity contribution < 1.29 is 9.90 Å². The molecular weight excluding hydrogens is 198 g/mol. The second kappa shape index (κ2) is 3.38. The molecule has 0 amide bonds. The molecule has 0 spiro atoms. The molecule has 0 aliphatic rings. The predicted molar refractivity (Wildman–Crippen MR) is 54.9 cm³/mol. The van der Waals surface area contributed by atoms with Crippen LogP contribution in [0.2, 0.25) is 0 Å². The van der Waals surface area contributed by atoms with Crippen LogP contribution in [-0.4, -0.2) is 20.6 Å². The van der Waals surface area contributed by atoms with Crippen molar-refractivity contribution in [1.82, 2.24) is 9.55 Å². The lowest BCUT2D eigenvalue weighted by Gasteiger charge is -2.22. The Morgan fingerprint density at radius 1 is 1.53 bits per heavy atom. The Hall–Kier alpha value is -1.85. The molecule has 82 valence electrons. The first-order valence-electron chi connectivity index (χ1n) is 4.36. The molecule has 0 aromatic carbocycles. The number of carbonyl (C=O) groups is 1. The van der Waals surface area contributed by atoms with E-state index in [9.17, 15) is 9.59 Å². The normalized spacial score (nSPS) is 11.4. The van der Waals surface area contributed by atoms with Crippen molar-refractivity contribution in [2.75, 3.05) is 5.73 Å². The van der Waals surface area contributed by atoms with Crippen LogP contribution in [0, 0.1) is 0 Å². The first-order valence-corrected chi connectivity index (χ1v) is 4.36. The first kappa shape index (κ1) is 11.2. The molecule has 1 aromatic rings. The average molecular weight is 211 g/mol. The molecule has 0 atom stereocenters. The summed E-state index contributed by atoms with van der Waals surface area (Å²) in [6.07, 6.45) is 1.22. The molecule has 1 aromatic heterocycles. The van der Waals surface area contributed by atoms with Crippen molar-refractivity contribution in [2.24, 2.45) is 0 Å². The molecule has 0 saturated heterocycles. The van der Waals surface area contributed by atoms with Gasteiger partial charge in [-0.1, -0.05) is 0 Å². The smallest absolute Gasteiger partial charge is 0.350 e. The number of nitrogens with zero attached hydrogens (tertiary/aromatic N) is 2. The van der Waals surface area contributed by atoms with Gasteiger partial charge in [0.1, 0.15) is 11.4 Å². The maximum Gasteiger partial charge on any atom is 0.350 e. The maximum absolute atomic E-state index is 11.4. The van der Waals surface area contributed by atoms with Crippen LogP contribution in [0.1, 0.15) is 31.1 Å². The van der Waals surface area contributed by atoms with Crippen LogP contribution < -0.4 is 11.4 Å². The van der Waals surface area contributed by atoms with E-state index < -0.39 is 17.2 Å². The summed E-state index contributed by atoms with van der Waals surface area (Å²) in [4.78, 5) is 25.7. The third kappa shape index (κ3) is 2.15. The fraction of sp³-hybridized carbons (Fsp3) is 0.444. The largest absolute Gasteiger partial charge is 0.478 e. The lowest BCUT2D eigenvalue weighted by Crippen LogP contribution is -2.36. The van der Waals surface area contributed by atoms with Crippen LogP contribution in [-0.2, 0) is 5.54 Å². The summed E-state index contributed by atoms with van der Waals surface area (Å²) in [7, 11) is 0. The van der Waals surface area contributed by atoms with Crippen molar-refractivity contribution in [1.29, 1.82) is 0 Å². The van der Waals surface area contributed by atoms with Gasteiger partial charge in [0.25, 0.3) is 0 Å². The lowest BCUT2D eigenvalue weighted by molar-refractivity contribution is 0.0696. The van der Waals surface area contributed by atoms with E-state index in [1.54, 1.807) is 20.8 Å². The van der Waals surface area contributed by atoms with Crippen molar-refractivity contribution in [3.8, 4) is 0 Å². The summed E-state index contributed by atoms with van der Waals surface area (Å²) in [6, 6.07) is 0. The molecule has 0 aliphatic heterocycles. The van der Waals surface area contributed by atoms with E-state index in [0.717, 1.165) is 0 Å². The highest BCUT2D eigenvalue weighted by molar-refractivity contribution is 5.92. The third-order valence-corrected chi connectivity index (χ3v) is 1.91. The van der Waals surface area contributed by atoms with Gasteiger partial charge >= 0.3 is 11.7 Å². The zero-order chi connectivity index (χ0) is 11.8. The zero-order valence-electron chi connectivity index (χ0n) is 8.81. The van der Waals surface area contributed by atoms with Gasteiger partial charge in [0.15, 0.2) is 0 Å². The predicted octanol–water partition coefficient (Wildman–Crippen LogP) is 0.279. The Morgan fingerprint density at radius 3 is 2.47 bits per heavy atom. The highest BCUT2D eigenvalue weighted by Crippen LogP contribution is 2.13. The molecule has 0 aliphatic carbocycles. The fourth-order valence-electron chi connectivity index (χ4n) is 1.11. The number of nitrogens with two attached hydrogens (primary N) is 1. The maximum atomic E-state index is 11.4. The van der Waals surface area contributed by atoms with Gasteiger partial charge in [-0.2, -0.15) is 4.98 Å². The van der Waals surface area contributed by atoms with Gasteiger partial charge in [-0.3, -0.25) is 4.57 Å². The van der Waals surface area contributed by atoms with Gasteiger partial charge in [-0.25, -0.2) is 9.59 Å². The van der Waals surface area contributed by atoms with E-state index in [4.69, 9.17) is 10.8 Å². The van der Waals surface area contributed by atoms with Gasteiger partial charge in [-0.15, -0.1) is 0 Å². The Balaban J connectivity index is 3.51. The minimum atomic E-state index is -1.20. The number of hydrogen-bond donors (Lipinski definition) is 2. The molecular formula is C9H13N3O3. The van der Waals surface area contributed by atoms with Crippen molar-refractivity contribution in [2.45, 2.75) is 26.3 Å². The second-order valence-corrected chi connectivity index (χ2v) is 4.17. The van der Waals surface area contributed by atoms with Gasteiger partial charge in [0, 0.05) is 11.7 Å². The summed E-state index contributed by atoms with van der Waals surface area (Å²) in [5.74, 6) is -1.45. The van der Waals surface area contributed by atoms with E-state index >= 15 is 0 Å². The van der Waals surface area contributed by atoms with E-state index in [2.05, 4.69) is 4.98 Å². The van der Waals surface area contributed by atoms with E-state index in [0.29, 0.717) is 0 Å². The van der Waals surface area contributed by atoms with E-state index in [1.165, 1.54) is 10.8 Å². The summed E-state index contributed by atoms with van der Waals surface area (Å²) >= 11 is 0. The van der Waals surface area contributed by atoms with Crippen LogP contribution in [0.3, 0.4) is 0 Å². The number of rotatable bonds is 1. The number of carboxylic acid groups (broad SMARTS) is 1. The number of anilines is 1. The summed E-state index contributed by atoms with van der Waals surface area (Å²) in [6.45, 7) is 5.33. The molecule has 0 unspecified atom stereocenters. The molecule has 0 bridgehead atoms. The number of hydrogen-bond acceptors (Lipinski definition) is 4. The number of aromatic carboxylic acids is 1. The van der Waals surface area contributed by atoms with Crippen LogP contribution in [0.5, 0.6) is 0 Å². The molecule has 0 fully saturated rings. The molecule has 0 saturated carbocycles. The average Bonchev–Trinajstić information content (AvgIpc) is 2.00. The summed E-state index contributed by atoms with van der Waals surface area (Å²) in [5.41, 5.74) is 4.09. The van der Waals surface area contributed by atoms with Crippen molar-refractivity contribution in [3.63, 3.8) is 0 Å². The van der Waals surface area contributed by atoms with Gasteiger partial charge in [0.2, 0.25) is 0 Å². The Kier molecular flexibility index (Phi) is 2.53. The monoisotopic (exact) mass is 211 g/mol. The van der Waals surface area contributed by atoms with Crippen LogP contribution in [0.4, 0.5) is 5.82 Å². The number of carboxylic acids is 1. The molecule has 1 heterocycles. The second-order valence-electron chi connectivity index (χ2n) is 4.17. The summed E-state index contributed by atoms with van der Waals surface area (Å²) < 4.78 is 1.24. The Bertz CT molecular complexity index is 457. The fourth-order valence-corrected chi connectivity index (χ4v) is 1.11. The van der Waals surface area contributed by atoms with E-state index in [1.807, 2.05) is 0 Å². The quantitative estimate of drug-likeness (QED) is 0.695. The van der Waals surface area contributed by atoms with Gasteiger partial charge < -0.3 is 10.8 Å². The number of aromatic nitrogens is 2. The Labute approximate surface area is 86.4 Å². The molecule has 3 N–H and O–H groups in total. The van der Waals surface area contributed by atoms with Crippen molar-refractivity contribution in [3.05, 3.63) is 22.2 Å². The summed E-state index contributed by atoms with van der Waals surface area (Å²) in [5, 5.41) is 8.81. The minimum absolute atomic E-state index is 0.162. The topological polar surface area (TPSA) is 98.2 Å². The van der Waals surface area contributed by atoms with Crippen LogP contribution >= 0.6 is 0 Å². The molecule has 1 rings (SSSR count). The third-order valence-electron chi connectivity index (χ3n) is 1.91. The SMILES string of the molecule is CC(C)(C)n1cc(C(=O)O)c(N)nc1=O. The van der Waals surface area contributed by atoms with Crippen LogP contribution in [0.15, 0.2) is 11.0 Å². The molecule has 15 heavy (non-hydrogen) atoms. The van der Waals surface area contributed by atoms with Gasteiger partial charge in [-0.05, 0) is 20.8 Å². The van der Waals surface area contributed by atoms with Gasteiger partial charge in [0.05, 0.1) is 0 Å². The zero-order valence-corrected chi connectivity index (χ0v) is 8.81. The standard InChI is InChI=1S/C9H13N3O3/c1-9(2,3)12-4-5(7(13)14)6(10)11-8(12)15/h4H,1-3H3,(H,13,14)(H2,10,11,15). The Morgan fingerprint density at radius 2 is 2.07 bits per heavy atom. The molecule has 6 heteroatoms. The molecule has 0 radical (unpaired) electrons. The first-order chi connectivity index (χ1) is 6.73. The van der Waals surface area contributed by atoms with E-state index in [-0.39, 0.29) is 11.4 Å². The molecule has 6 nitrogen and oxygen atoms in total.